The molecule has 0 saturated heterocycles. The summed E-state index contributed by atoms with van der Waals surface area (Å²) in [5.41, 5.74) is 0.422. The Morgan fingerprint density at radius 3 is 1.98 bits per heavy atom. The molecule has 0 aromatic rings. The van der Waals surface area contributed by atoms with Gasteiger partial charge in [-0.2, -0.15) is 0 Å². The zero-order chi connectivity index (χ0) is 31.5. The Labute approximate surface area is 256 Å². The van der Waals surface area contributed by atoms with Crippen molar-refractivity contribution in [3.8, 4) is 0 Å². The number of carbonyl (C=O) groups is 5. The second-order valence-corrected chi connectivity index (χ2v) is 14.6. The molecule has 1 unspecified atom stereocenters. The van der Waals surface area contributed by atoms with Crippen LogP contribution in [0.2, 0.25) is 0 Å². The lowest BCUT2D eigenvalue weighted by Gasteiger charge is -2.61. The van der Waals surface area contributed by atoms with E-state index in [2.05, 4.69) is 13.8 Å². The highest BCUT2D eigenvalue weighted by molar-refractivity contribution is 5.79. The molecule has 0 amide bonds. The molecule has 4 aliphatic carbocycles. The summed E-state index contributed by atoms with van der Waals surface area (Å²) in [5, 5.41) is 0. The Bertz CT molecular complexity index is 1050. The van der Waals surface area contributed by atoms with Crippen LogP contribution in [-0.4, -0.2) is 55.1 Å². The summed E-state index contributed by atoms with van der Waals surface area (Å²) < 4.78 is 21.1. The second kappa shape index (κ2) is 13.7. The predicted octanol–water partition coefficient (Wildman–Crippen LogP) is 5.60. The fraction of sp³-hybridized carbons (Fsp3) is 0.853. The van der Waals surface area contributed by atoms with E-state index in [1.807, 2.05) is 0 Å². The Morgan fingerprint density at radius 2 is 1.35 bits per heavy atom. The van der Waals surface area contributed by atoms with E-state index in [9.17, 15) is 24.0 Å². The molecule has 0 spiro atoms. The number of rotatable bonds is 11. The van der Waals surface area contributed by atoms with Crippen LogP contribution in [0, 0.1) is 46.3 Å². The first-order chi connectivity index (χ1) is 20.2. The van der Waals surface area contributed by atoms with E-state index in [4.69, 9.17) is 18.9 Å². The summed E-state index contributed by atoms with van der Waals surface area (Å²) >= 11 is 0. The van der Waals surface area contributed by atoms with Crippen LogP contribution < -0.4 is 0 Å². The summed E-state index contributed by atoms with van der Waals surface area (Å²) in [6, 6.07) is 0. The van der Waals surface area contributed by atoms with Crippen LogP contribution in [0.25, 0.3) is 0 Å². The van der Waals surface area contributed by atoms with Crippen LogP contribution in [0.1, 0.15) is 112 Å². The number of carbonyl (C=O) groups excluding carboxylic acids is 5. The SMILES string of the molecule is CC(=O)OCC(COC(C)=O)OC(=O)CC(C)CC(=O)O[C@H]1CC[C@@]2(C)[C@@H](CC[C@@H]3[C@@H]2CC[C@]2(C)[C@@H](C(C)=O)CC[C@@H]32)C1. The van der Waals surface area contributed by atoms with Crippen molar-refractivity contribution in [3.05, 3.63) is 0 Å². The van der Waals surface area contributed by atoms with Crippen LogP contribution in [0.3, 0.4) is 0 Å². The molecule has 9 atom stereocenters. The van der Waals surface area contributed by atoms with E-state index in [-0.39, 0.29) is 60.8 Å². The molecule has 0 aliphatic heterocycles. The minimum atomic E-state index is -0.909. The van der Waals surface area contributed by atoms with Crippen molar-refractivity contribution in [1.82, 2.24) is 0 Å². The molecule has 0 heterocycles. The Kier molecular flexibility index (Phi) is 10.6. The van der Waals surface area contributed by atoms with Gasteiger partial charge in [0.05, 0.1) is 0 Å². The average molecular weight is 605 g/mol. The Hall–Kier alpha value is -2.45. The first-order valence-electron chi connectivity index (χ1n) is 16.4. The van der Waals surface area contributed by atoms with E-state index in [1.165, 1.54) is 33.1 Å². The van der Waals surface area contributed by atoms with Gasteiger partial charge in [-0.3, -0.25) is 24.0 Å². The van der Waals surface area contributed by atoms with Crippen molar-refractivity contribution in [2.24, 2.45) is 46.3 Å². The molecule has 0 bridgehead atoms. The van der Waals surface area contributed by atoms with Crippen LogP contribution in [0.15, 0.2) is 0 Å². The minimum absolute atomic E-state index is 0.00918. The van der Waals surface area contributed by atoms with Crippen molar-refractivity contribution in [3.63, 3.8) is 0 Å². The topological polar surface area (TPSA) is 122 Å². The van der Waals surface area contributed by atoms with E-state index in [0.717, 1.165) is 38.5 Å². The fourth-order valence-corrected chi connectivity index (χ4v) is 9.64. The van der Waals surface area contributed by atoms with Crippen LogP contribution >= 0.6 is 0 Å². The maximum atomic E-state index is 12.9. The largest absolute Gasteiger partial charge is 0.462 e. The summed E-state index contributed by atoms with van der Waals surface area (Å²) in [6.45, 7) is 10.5. The second-order valence-electron chi connectivity index (χ2n) is 14.6. The number of ketones is 1. The first kappa shape index (κ1) is 33.4. The molecule has 4 fully saturated rings. The molecule has 0 radical (unpaired) electrons. The predicted molar refractivity (Wildman–Crippen MR) is 157 cm³/mol. The normalized spacial score (nSPS) is 35.5. The molecular formula is C34H52O9. The quantitative estimate of drug-likeness (QED) is 0.219. The van der Waals surface area contributed by atoms with Crippen LogP contribution in [0.5, 0.6) is 0 Å². The van der Waals surface area contributed by atoms with E-state index in [1.54, 1.807) is 13.8 Å². The number of esters is 4. The van der Waals surface area contributed by atoms with Gasteiger partial charge in [-0.25, -0.2) is 0 Å². The summed E-state index contributed by atoms with van der Waals surface area (Å²) in [5.74, 6) is 0.955. The van der Waals surface area contributed by atoms with Gasteiger partial charge in [-0.05, 0) is 105 Å². The maximum Gasteiger partial charge on any atom is 0.306 e. The minimum Gasteiger partial charge on any atom is -0.462 e. The zero-order valence-electron chi connectivity index (χ0n) is 27.0. The van der Waals surface area contributed by atoms with Gasteiger partial charge in [0.15, 0.2) is 6.10 Å². The van der Waals surface area contributed by atoms with E-state index < -0.39 is 24.0 Å². The highest BCUT2D eigenvalue weighted by atomic mass is 16.6. The monoisotopic (exact) mass is 604 g/mol. The third kappa shape index (κ3) is 7.62. The van der Waals surface area contributed by atoms with Gasteiger partial charge in [-0.15, -0.1) is 0 Å². The molecule has 242 valence electrons. The summed E-state index contributed by atoms with van der Waals surface area (Å²) in [4.78, 5) is 60.1. The molecule has 0 N–H and O–H groups in total. The van der Waals surface area contributed by atoms with Crippen molar-refractivity contribution in [2.75, 3.05) is 13.2 Å². The van der Waals surface area contributed by atoms with Crippen molar-refractivity contribution < 1.29 is 42.9 Å². The molecule has 9 nitrogen and oxygen atoms in total. The van der Waals surface area contributed by atoms with Crippen LogP contribution in [0.4, 0.5) is 0 Å². The molecule has 4 aliphatic rings. The zero-order valence-corrected chi connectivity index (χ0v) is 27.0. The highest BCUT2D eigenvalue weighted by Crippen LogP contribution is 2.67. The lowest BCUT2D eigenvalue weighted by atomic mass is 9.44. The van der Waals surface area contributed by atoms with Gasteiger partial charge in [-0.1, -0.05) is 20.8 Å². The van der Waals surface area contributed by atoms with Gasteiger partial charge in [0.1, 0.15) is 25.1 Å². The van der Waals surface area contributed by atoms with Gasteiger partial charge in [0.25, 0.3) is 0 Å². The lowest BCUT2D eigenvalue weighted by molar-refractivity contribution is -0.167. The molecular weight excluding hydrogens is 552 g/mol. The number of hydrogen-bond acceptors (Lipinski definition) is 9. The number of ether oxygens (including phenoxy) is 4. The molecule has 9 heteroatoms. The Balaban J connectivity index is 1.25. The molecule has 43 heavy (non-hydrogen) atoms. The highest BCUT2D eigenvalue weighted by Gasteiger charge is 2.61. The van der Waals surface area contributed by atoms with Crippen LogP contribution in [-0.2, 0) is 42.9 Å². The summed E-state index contributed by atoms with van der Waals surface area (Å²) in [6.07, 6.45) is 8.88. The van der Waals surface area contributed by atoms with Gasteiger partial charge in [0, 0.05) is 32.6 Å². The van der Waals surface area contributed by atoms with Gasteiger partial charge in [0.2, 0.25) is 0 Å². The Morgan fingerprint density at radius 1 is 0.744 bits per heavy atom. The third-order valence-electron chi connectivity index (χ3n) is 11.7. The molecule has 4 saturated carbocycles. The summed E-state index contributed by atoms with van der Waals surface area (Å²) in [7, 11) is 0. The first-order valence-corrected chi connectivity index (χ1v) is 16.4. The number of fused-ring (bicyclic) bond motifs is 5. The smallest absolute Gasteiger partial charge is 0.306 e. The van der Waals surface area contributed by atoms with Gasteiger partial charge < -0.3 is 18.9 Å². The van der Waals surface area contributed by atoms with E-state index in [0.29, 0.717) is 29.5 Å². The van der Waals surface area contributed by atoms with Crippen molar-refractivity contribution >= 4 is 29.7 Å². The molecule has 4 rings (SSSR count). The van der Waals surface area contributed by atoms with Crippen molar-refractivity contribution in [1.29, 1.82) is 0 Å². The number of Topliss-reactive ketones (excluding diaryl/α,β-unsaturated/α-hetero) is 1. The van der Waals surface area contributed by atoms with Gasteiger partial charge >= 0.3 is 23.9 Å². The molecule has 0 aromatic heterocycles. The lowest BCUT2D eigenvalue weighted by Crippen LogP contribution is -2.54. The third-order valence-corrected chi connectivity index (χ3v) is 11.7. The molecule has 0 aromatic carbocycles. The average Bonchev–Trinajstić information content (AvgIpc) is 3.27. The van der Waals surface area contributed by atoms with E-state index >= 15 is 0 Å². The standard InChI is InChI=1S/C34H52O9/c1-20(16-32(39)43-26(18-40-22(3)36)19-41-23(4)37)15-31(38)42-25-11-13-33(5)24(17-25)7-8-27-29-10-9-28(21(2)35)34(29,6)14-12-30(27)33/h20,24-30H,7-19H2,1-6H3/t20?,24-,25-,27-,28+,29-,30-,33-,34+/m0/s1. The maximum absolute atomic E-state index is 12.9. The fourth-order valence-electron chi connectivity index (χ4n) is 9.64. The number of hydrogen-bond donors (Lipinski definition) is 0. The van der Waals surface area contributed by atoms with Crippen molar-refractivity contribution in [2.45, 2.75) is 124 Å².